The number of ether oxygens (including phenoxy) is 2. The third kappa shape index (κ3) is 3.59. The van der Waals surface area contributed by atoms with Gasteiger partial charge in [-0.3, -0.25) is 0 Å². The van der Waals surface area contributed by atoms with E-state index in [-0.39, 0.29) is 6.61 Å². The molecule has 1 aromatic rings. The molecule has 5 nitrogen and oxygen atoms in total. The molecule has 0 aliphatic rings. The molecular weight excluding hydrogens is 222 g/mol. The summed E-state index contributed by atoms with van der Waals surface area (Å²) in [5, 5.41) is 18.8. The number of benzene rings is 1. The second-order valence-electron chi connectivity index (χ2n) is 3.81. The quantitative estimate of drug-likeness (QED) is 0.673. The number of methoxy groups -OCH3 is 2. The van der Waals surface area contributed by atoms with Crippen LogP contribution >= 0.6 is 0 Å². The maximum Gasteiger partial charge on any atom is 0.161 e. The van der Waals surface area contributed by atoms with Gasteiger partial charge in [-0.2, -0.15) is 0 Å². The van der Waals surface area contributed by atoms with Crippen molar-refractivity contribution in [1.82, 2.24) is 0 Å². The Morgan fingerprint density at radius 1 is 1.24 bits per heavy atom. The van der Waals surface area contributed by atoms with E-state index in [9.17, 15) is 5.11 Å². The first kappa shape index (κ1) is 13.8. The van der Waals surface area contributed by atoms with Crippen LogP contribution in [0.3, 0.4) is 0 Å². The van der Waals surface area contributed by atoms with Crippen molar-refractivity contribution in [1.29, 1.82) is 0 Å². The number of nitrogens with two attached hydrogens (primary N) is 1. The van der Waals surface area contributed by atoms with Gasteiger partial charge in [0, 0.05) is 6.04 Å². The summed E-state index contributed by atoms with van der Waals surface area (Å²) in [4.78, 5) is 0. The lowest BCUT2D eigenvalue weighted by Gasteiger charge is -2.16. The maximum atomic E-state index is 9.92. The zero-order chi connectivity index (χ0) is 12.8. The van der Waals surface area contributed by atoms with E-state index >= 15 is 0 Å². The molecule has 0 saturated carbocycles. The van der Waals surface area contributed by atoms with Crippen molar-refractivity contribution in [2.24, 2.45) is 5.73 Å². The van der Waals surface area contributed by atoms with Gasteiger partial charge in [0.2, 0.25) is 0 Å². The summed E-state index contributed by atoms with van der Waals surface area (Å²) >= 11 is 0. The van der Waals surface area contributed by atoms with Crippen molar-refractivity contribution < 1.29 is 19.7 Å². The van der Waals surface area contributed by atoms with E-state index in [0.717, 1.165) is 0 Å². The first-order valence-electron chi connectivity index (χ1n) is 5.38. The van der Waals surface area contributed by atoms with Gasteiger partial charge in [-0.05, 0) is 24.1 Å². The summed E-state index contributed by atoms with van der Waals surface area (Å²) in [5.74, 6) is 1.16. The van der Waals surface area contributed by atoms with Gasteiger partial charge in [-0.1, -0.05) is 6.07 Å². The van der Waals surface area contributed by atoms with Crippen molar-refractivity contribution in [3.05, 3.63) is 23.8 Å². The Morgan fingerprint density at radius 2 is 1.88 bits per heavy atom. The third-order valence-corrected chi connectivity index (χ3v) is 2.55. The predicted molar refractivity (Wildman–Crippen MR) is 64.2 cm³/mol. The van der Waals surface area contributed by atoms with Crippen LogP contribution in [0, 0.1) is 0 Å². The molecule has 96 valence electrons. The molecule has 1 aromatic carbocycles. The van der Waals surface area contributed by atoms with E-state index in [2.05, 4.69) is 0 Å². The smallest absolute Gasteiger partial charge is 0.161 e. The fourth-order valence-corrected chi connectivity index (χ4v) is 1.56. The summed E-state index contributed by atoms with van der Waals surface area (Å²) in [5.41, 5.74) is 6.26. The Hall–Kier alpha value is -1.30. The highest BCUT2D eigenvalue weighted by molar-refractivity contribution is 5.43. The molecule has 4 N–H and O–H groups in total. The molecule has 0 heterocycles. The average Bonchev–Trinajstić information content (AvgIpc) is 2.37. The lowest BCUT2D eigenvalue weighted by molar-refractivity contribution is 0.140. The number of aliphatic hydroxyl groups is 2. The Morgan fingerprint density at radius 3 is 2.41 bits per heavy atom. The molecule has 0 unspecified atom stereocenters. The molecule has 5 heteroatoms. The minimum Gasteiger partial charge on any atom is -0.493 e. The van der Waals surface area contributed by atoms with Crippen LogP contribution in [0.15, 0.2) is 18.2 Å². The van der Waals surface area contributed by atoms with Crippen molar-refractivity contribution in [3.63, 3.8) is 0 Å². The predicted octanol–water partition coefficient (Wildman–Crippen LogP) is 0.447. The highest BCUT2D eigenvalue weighted by atomic mass is 16.5. The van der Waals surface area contributed by atoms with Crippen LogP contribution in [0.1, 0.15) is 18.1 Å². The van der Waals surface area contributed by atoms with E-state index in [1.165, 1.54) is 7.11 Å². The molecule has 1 rings (SSSR count). The Kier molecular flexibility index (Phi) is 5.21. The molecule has 0 aromatic heterocycles. The normalized spacial score (nSPS) is 14.2. The molecule has 0 aliphatic carbocycles. The van der Waals surface area contributed by atoms with Crippen LogP contribution in [0.5, 0.6) is 11.5 Å². The topological polar surface area (TPSA) is 84.9 Å². The Bertz CT molecular complexity index is 356. The summed E-state index contributed by atoms with van der Waals surface area (Å²) in [6, 6.07) is 4.74. The molecule has 0 bridgehead atoms. The Balaban J connectivity index is 2.84. The largest absolute Gasteiger partial charge is 0.493 e. The van der Waals surface area contributed by atoms with Gasteiger partial charge in [-0.25, -0.2) is 0 Å². The van der Waals surface area contributed by atoms with Gasteiger partial charge in [-0.15, -0.1) is 0 Å². The molecule has 0 spiro atoms. The summed E-state index contributed by atoms with van der Waals surface area (Å²) in [6.07, 6.45) is -0.427. The molecule has 2 atom stereocenters. The van der Waals surface area contributed by atoms with Crippen molar-refractivity contribution in [2.75, 3.05) is 20.8 Å². The molecule has 0 radical (unpaired) electrons. The minimum atomic E-state index is -0.725. The van der Waals surface area contributed by atoms with Crippen LogP contribution in [-0.2, 0) is 0 Å². The van der Waals surface area contributed by atoms with Crippen LogP contribution in [0.25, 0.3) is 0 Å². The molecule has 0 aliphatic heterocycles. The molecule has 17 heavy (non-hydrogen) atoms. The van der Waals surface area contributed by atoms with Gasteiger partial charge in [0.1, 0.15) is 0 Å². The molecule has 0 fully saturated rings. The second kappa shape index (κ2) is 6.44. The van der Waals surface area contributed by atoms with Crippen LogP contribution in [-0.4, -0.2) is 37.1 Å². The molecule has 0 saturated heterocycles. The standard InChI is InChI=1S/C12H19NO4/c1-16-11-4-3-8(5-12(11)17-2)10(15)6-9(13)7-14/h3-5,9-10,14-15H,6-7,13H2,1-2H3/t9-,10-/m0/s1. The number of hydrogen-bond acceptors (Lipinski definition) is 5. The van der Waals surface area contributed by atoms with E-state index < -0.39 is 12.1 Å². The second-order valence-corrected chi connectivity index (χ2v) is 3.81. The third-order valence-electron chi connectivity index (χ3n) is 2.55. The van der Waals surface area contributed by atoms with Crippen LogP contribution < -0.4 is 15.2 Å². The lowest BCUT2D eigenvalue weighted by Crippen LogP contribution is -2.26. The lowest BCUT2D eigenvalue weighted by atomic mass is 10.0. The SMILES string of the molecule is COc1ccc([C@@H](O)C[C@H](N)CO)cc1OC. The zero-order valence-corrected chi connectivity index (χ0v) is 10.1. The minimum absolute atomic E-state index is 0.148. The number of aliphatic hydroxyl groups excluding tert-OH is 2. The van der Waals surface area contributed by atoms with Gasteiger partial charge in [0.05, 0.1) is 26.9 Å². The molecule has 0 amide bonds. The van der Waals surface area contributed by atoms with Crippen molar-refractivity contribution in [2.45, 2.75) is 18.6 Å². The summed E-state index contributed by atoms with van der Waals surface area (Å²) in [7, 11) is 3.09. The first-order chi connectivity index (χ1) is 8.12. The fourth-order valence-electron chi connectivity index (χ4n) is 1.56. The molecular formula is C12H19NO4. The van der Waals surface area contributed by atoms with E-state index in [4.69, 9.17) is 20.3 Å². The number of hydrogen-bond donors (Lipinski definition) is 3. The van der Waals surface area contributed by atoms with Gasteiger partial charge in [0.25, 0.3) is 0 Å². The first-order valence-corrected chi connectivity index (χ1v) is 5.38. The Labute approximate surface area is 101 Å². The zero-order valence-electron chi connectivity index (χ0n) is 10.1. The highest BCUT2D eigenvalue weighted by Gasteiger charge is 2.14. The number of rotatable bonds is 6. The maximum absolute atomic E-state index is 9.92. The summed E-state index contributed by atoms with van der Waals surface area (Å²) < 4.78 is 10.2. The van der Waals surface area contributed by atoms with Crippen molar-refractivity contribution in [3.8, 4) is 11.5 Å². The van der Waals surface area contributed by atoms with Crippen molar-refractivity contribution >= 4 is 0 Å². The van der Waals surface area contributed by atoms with E-state index in [1.807, 2.05) is 0 Å². The van der Waals surface area contributed by atoms with Gasteiger partial charge < -0.3 is 25.4 Å². The highest BCUT2D eigenvalue weighted by Crippen LogP contribution is 2.30. The van der Waals surface area contributed by atoms with E-state index in [1.54, 1.807) is 25.3 Å². The average molecular weight is 241 g/mol. The fraction of sp³-hybridized carbons (Fsp3) is 0.500. The monoisotopic (exact) mass is 241 g/mol. The van der Waals surface area contributed by atoms with Gasteiger partial charge >= 0.3 is 0 Å². The summed E-state index contributed by atoms with van der Waals surface area (Å²) in [6.45, 7) is -0.148. The van der Waals surface area contributed by atoms with Crippen LogP contribution in [0.2, 0.25) is 0 Å². The van der Waals surface area contributed by atoms with Gasteiger partial charge in [0.15, 0.2) is 11.5 Å². The van der Waals surface area contributed by atoms with Crippen LogP contribution in [0.4, 0.5) is 0 Å². The van der Waals surface area contributed by atoms with E-state index in [0.29, 0.717) is 23.5 Å².